The number of hydrogen-bond acceptors (Lipinski definition) is 2. The van der Waals surface area contributed by atoms with E-state index in [9.17, 15) is 5.26 Å². The summed E-state index contributed by atoms with van der Waals surface area (Å²) in [5.74, 6) is 1.30. The fourth-order valence-electron chi connectivity index (χ4n) is 2.69. The van der Waals surface area contributed by atoms with Crippen molar-refractivity contribution in [3.63, 3.8) is 0 Å². The van der Waals surface area contributed by atoms with Crippen molar-refractivity contribution in [2.24, 2.45) is 0 Å². The molecule has 0 fully saturated rings. The van der Waals surface area contributed by atoms with Crippen molar-refractivity contribution in [2.75, 3.05) is 7.11 Å². The fourth-order valence-corrected chi connectivity index (χ4v) is 2.69. The van der Waals surface area contributed by atoms with Crippen molar-refractivity contribution >= 4 is 0 Å². The van der Waals surface area contributed by atoms with Crippen LogP contribution >= 0.6 is 0 Å². The number of nitrogens with zero attached hydrogens (tertiary/aromatic N) is 1. The molecule has 1 unspecified atom stereocenters. The Morgan fingerprint density at radius 3 is 2.36 bits per heavy atom. The molecule has 0 spiro atoms. The summed E-state index contributed by atoms with van der Waals surface area (Å²) in [5.41, 5.74) is 2.82. The number of rotatable bonds is 5. The molecule has 1 atom stereocenters. The number of benzene rings is 2. The van der Waals surface area contributed by atoms with Crippen molar-refractivity contribution in [2.45, 2.75) is 38.5 Å². The van der Waals surface area contributed by atoms with E-state index >= 15 is 0 Å². The first-order valence-electron chi connectivity index (χ1n) is 7.64. The molecule has 0 aliphatic rings. The third-order valence-electron chi connectivity index (χ3n) is 4.17. The Morgan fingerprint density at radius 2 is 1.82 bits per heavy atom. The van der Waals surface area contributed by atoms with Crippen LogP contribution in [0.15, 0.2) is 48.5 Å². The zero-order valence-electron chi connectivity index (χ0n) is 13.8. The van der Waals surface area contributed by atoms with Gasteiger partial charge in [-0.25, -0.2) is 0 Å². The highest BCUT2D eigenvalue weighted by atomic mass is 16.5. The van der Waals surface area contributed by atoms with Crippen LogP contribution in [0.25, 0.3) is 0 Å². The lowest BCUT2D eigenvalue weighted by molar-refractivity contribution is 0.405. The number of nitriles is 1. The topological polar surface area (TPSA) is 33.0 Å². The van der Waals surface area contributed by atoms with Gasteiger partial charge in [0.1, 0.15) is 5.75 Å². The zero-order valence-corrected chi connectivity index (χ0v) is 13.8. The Bertz CT molecular complexity index is 670. The van der Waals surface area contributed by atoms with Gasteiger partial charge < -0.3 is 4.74 Å². The van der Waals surface area contributed by atoms with E-state index in [1.165, 1.54) is 5.56 Å². The molecule has 114 valence electrons. The molecule has 2 aromatic rings. The van der Waals surface area contributed by atoms with Gasteiger partial charge in [-0.1, -0.05) is 56.3 Å². The standard InChI is InChI=1S/C20H23NO/c1-15(2)16-10-11-19(22-4)17(12-16)13-20(3,14-21)18-8-6-5-7-9-18/h5-12,15H,13H2,1-4H3. The van der Waals surface area contributed by atoms with E-state index in [4.69, 9.17) is 4.74 Å². The summed E-state index contributed by atoms with van der Waals surface area (Å²) >= 11 is 0. The maximum atomic E-state index is 9.75. The van der Waals surface area contributed by atoms with Crippen LogP contribution in [-0.2, 0) is 11.8 Å². The highest BCUT2D eigenvalue weighted by molar-refractivity contribution is 5.43. The molecular formula is C20H23NO. The van der Waals surface area contributed by atoms with E-state index in [0.717, 1.165) is 16.9 Å². The molecule has 2 nitrogen and oxygen atoms in total. The number of hydrogen-bond donors (Lipinski definition) is 0. The Hall–Kier alpha value is -2.27. The number of methoxy groups -OCH3 is 1. The lowest BCUT2D eigenvalue weighted by Gasteiger charge is -2.24. The summed E-state index contributed by atoms with van der Waals surface area (Å²) in [7, 11) is 1.68. The molecule has 2 rings (SSSR count). The molecule has 0 saturated carbocycles. The molecule has 0 heterocycles. The maximum Gasteiger partial charge on any atom is 0.122 e. The minimum atomic E-state index is -0.565. The van der Waals surface area contributed by atoms with Crippen LogP contribution in [0, 0.1) is 11.3 Å². The second-order valence-corrected chi connectivity index (χ2v) is 6.21. The molecule has 0 saturated heterocycles. The van der Waals surface area contributed by atoms with Crippen molar-refractivity contribution in [1.82, 2.24) is 0 Å². The number of ether oxygens (including phenoxy) is 1. The molecule has 0 amide bonds. The smallest absolute Gasteiger partial charge is 0.122 e. The summed E-state index contributed by atoms with van der Waals surface area (Å²) in [4.78, 5) is 0. The molecule has 0 bridgehead atoms. The van der Waals surface area contributed by atoms with Gasteiger partial charge in [0, 0.05) is 0 Å². The molecule has 0 aromatic heterocycles. The van der Waals surface area contributed by atoms with Gasteiger partial charge in [0.2, 0.25) is 0 Å². The molecule has 0 N–H and O–H groups in total. The van der Waals surface area contributed by atoms with Gasteiger partial charge in [-0.05, 0) is 42.0 Å². The summed E-state index contributed by atoms with van der Waals surface area (Å²) in [6, 6.07) is 18.7. The van der Waals surface area contributed by atoms with E-state index in [-0.39, 0.29) is 0 Å². The average molecular weight is 293 g/mol. The van der Waals surface area contributed by atoms with E-state index in [2.05, 4.69) is 32.0 Å². The predicted molar refractivity (Wildman–Crippen MR) is 90.2 cm³/mol. The highest BCUT2D eigenvalue weighted by Gasteiger charge is 2.28. The summed E-state index contributed by atoms with van der Waals surface area (Å²) in [6.45, 7) is 6.34. The lowest BCUT2D eigenvalue weighted by Crippen LogP contribution is -2.23. The van der Waals surface area contributed by atoms with Crippen molar-refractivity contribution in [3.8, 4) is 11.8 Å². The first-order valence-corrected chi connectivity index (χ1v) is 7.64. The van der Waals surface area contributed by atoms with E-state index in [1.807, 2.05) is 43.3 Å². The van der Waals surface area contributed by atoms with Crippen LogP contribution in [0.3, 0.4) is 0 Å². The SMILES string of the molecule is COc1ccc(C(C)C)cc1CC(C)(C#N)c1ccccc1. The van der Waals surface area contributed by atoms with Gasteiger partial charge >= 0.3 is 0 Å². The zero-order chi connectivity index (χ0) is 16.2. The highest BCUT2D eigenvalue weighted by Crippen LogP contribution is 2.33. The van der Waals surface area contributed by atoms with Gasteiger partial charge in [0.15, 0.2) is 0 Å². The van der Waals surface area contributed by atoms with Gasteiger partial charge in [0.25, 0.3) is 0 Å². The second-order valence-electron chi connectivity index (χ2n) is 6.21. The fraction of sp³-hybridized carbons (Fsp3) is 0.350. The molecule has 2 heteroatoms. The molecular weight excluding hydrogens is 270 g/mol. The summed E-state index contributed by atoms with van der Waals surface area (Å²) in [5, 5.41) is 9.75. The van der Waals surface area contributed by atoms with Gasteiger partial charge in [-0.15, -0.1) is 0 Å². The first kappa shape index (κ1) is 16.1. The van der Waals surface area contributed by atoms with Crippen LogP contribution in [0.1, 0.15) is 43.4 Å². The minimum Gasteiger partial charge on any atom is -0.496 e. The van der Waals surface area contributed by atoms with E-state index in [0.29, 0.717) is 12.3 Å². The largest absolute Gasteiger partial charge is 0.496 e. The molecule has 0 aliphatic heterocycles. The van der Waals surface area contributed by atoms with E-state index < -0.39 is 5.41 Å². The van der Waals surface area contributed by atoms with Crippen LogP contribution in [0.2, 0.25) is 0 Å². The van der Waals surface area contributed by atoms with Crippen LogP contribution in [0.4, 0.5) is 0 Å². The normalized spacial score (nSPS) is 13.5. The predicted octanol–water partition coefficient (Wildman–Crippen LogP) is 4.84. The molecule has 22 heavy (non-hydrogen) atoms. The summed E-state index contributed by atoms with van der Waals surface area (Å²) in [6.07, 6.45) is 0.636. The Labute approximate surface area is 133 Å². The first-order chi connectivity index (χ1) is 10.5. The van der Waals surface area contributed by atoms with E-state index in [1.54, 1.807) is 7.11 Å². The average Bonchev–Trinajstić information content (AvgIpc) is 2.55. The molecule has 0 aliphatic carbocycles. The maximum absolute atomic E-state index is 9.75. The lowest BCUT2D eigenvalue weighted by atomic mass is 9.78. The van der Waals surface area contributed by atoms with Gasteiger partial charge in [0.05, 0.1) is 18.6 Å². The van der Waals surface area contributed by atoms with Gasteiger partial charge in [-0.2, -0.15) is 5.26 Å². The Balaban J connectivity index is 2.43. The van der Waals surface area contributed by atoms with Crippen molar-refractivity contribution in [3.05, 3.63) is 65.2 Å². The van der Waals surface area contributed by atoms with Crippen molar-refractivity contribution < 1.29 is 4.74 Å². The quantitative estimate of drug-likeness (QED) is 0.790. The van der Waals surface area contributed by atoms with Crippen LogP contribution in [-0.4, -0.2) is 7.11 Å². The minimum absolute atomic E-state index is 0.453. The monoisotopic (exact) mass is 293 g/mol. The third-order valence-corrected chi connectivity index (χ3v) is 4.17. The third kappa shape index (κ3) is 3.31. The summed E-state index contributed by atoms with van der Waals surface area (Å²) < 4.78 is 5.50. The van der Waals surface area contributed by atoms with Crippen LogP contribution < -0.4 is 4.74 Å². The Morgan fingerprint density at radius 1 is 1.14 bits per heavy atom. The van der Waals surface area contributed by atoms with Crippen LogP contribution in [0.5, 0.6) is 5.75 Å². The van der Waals surface area contributed by atoms with Crippen molar-refractivity contribution in [1.29, 1.82) is 5.26 Å². The molecule has 0 radical (unpaired) electrons. The Kier molecular flexibility index (Phi) is 4.88. The molecule has 2 aromatic carbocycles. The van der Waals surface area contributed by atoms with Gasteiger partial charge in [-0.3, -0.25) is 0 Å². The second kappa shape index (κ2) is 6.66.